The van der Waals surface area contributed by atoms with Crippen molar-refractivity contribution in [2.75, 3.05) is 33.2 Å². The quantitative estimate of drug-likeness (QED) is 0.326. The minimum atomic E-state index is 0. The Balaban J connectivity index is 0.000000640. The van der Waals surface area contributed by atoms with E-state index in [4.69, 9.17) is 0 Å². The Labute approximate surface area is 62.6 Å². The van der Waals surface area contributed by atoms with E-state index >= 15 is 0 Å². The molecule has 54 valence electrons. The molecule has 0 amide bonds. The molecule has 0 atom stereocenters. The molecule has 1 aliphatic heterocycles. The Kier molecular flexibility index (Phi) is 3.82. The molecule has 2 nitrogen and oxygen atoms in total. The number of halogens is 1. The van der Waals surface area contributed by atoms with E-state index in [9.17, 15) is 0 Å². The Morgan fingerprint density at radius 1 is 1.33 bits per heavy atom. The van der Waals surface area contributed by atoms with Crippen molar-refractivity contribution in [2.45, 2.75) is 0 Å². The molecule has 1 fully saturated rings. The van der Waals surface area contributed by atoms with Gasteiger partial charge in [0.15, 0.2) is 13.1 Å². The molecule has 0 aromatic heterocycles. The van der Waals surface area contributed by atoms with Gasteiger partial charge in [0, 0.05) is 0 Å². The molecule has 0 aromatic rings. The summed E-state index contributed by atoms with van der Waals surface area (Å²) in [6, 6.07) is 0. The van der Waals surface area contributed by atoms with Gasteiger partial charge >= 0.3 is 0 Å². The normalized spacial score (nSPS) is 21.2. The zero-order valence-electron chi connectivity index (χ0n) is 5.81. The number of nitrogens with zero attached hydrogens (tertiary/aromatic N) is 2. The molecule has 1 heterocycles. The van der Waals surface area contributed by atoms with E-state index in [2.05, 4.69) is 23.2 Å². The van der Waals surface area contributed by atoms with E-state index in [0.29, 0.717) is 0 Å². The van der Waals surface area contributed by atoms with Gasteiger partial charge in [-0.3, -0.25) is 4.90 Å². The second-order valence-corrected chi connectivity index (χ2v) is 2.42. The average molecular weight is 149 g/mol. The van der Waals surface area contributed by atoms with Crippen molar-refractivity contribution in [1.29, 1.82) is 0 Å². The summed E-state index contributed by atoms with van der Waals surface area (Å²) in [5, 5.41) is 0. The Morgan fingerprint density at radius 3 is 2.11 bits per heavy atom. The lowest BCUT2D eigenvalue weighted by Crippen LogP contribution is -3.00. The fourth-order valence-corrected chi connectivity index (χ4v) is 0.848. The molecule has 0 aliphatic carbocycles. The third-order valence-electron chi connectivity index (χ3n) is 1.60. The molecule has 0 N–H and O–H groups in total. The van der Waals surface area contributed by atoms with Crippen LogP contribution in [0.4, 0.5) is 0 Å². The number of piperazine rings is 1. The Bertz CT molecular complexity index is 93.2. The fourth-order valence-electron chi connectivity index (χ4n) is 0.848. The second-order valence-electron chi connectivity index (χ2n) is 2.42. The molecule has 0 radical (unpaired) electrons. The van der Waals surface area contributed by atoms with E-state index in [1.807, 2.05) is 0 Å². The van der Waals surface area contributed by atoms with Gasteiger partial charge in [-0.15, -0.1) is 0 Å². The average Bonchev–Trinajstić information content (AvgIpc) is 1.77. The van der Waals surface area contributed by atoms with Crippen molar-refractivity contribution in [3.05, 3.63) is 0 Å². The monoisotopic (exact) mass is 148 g/mol. The first kappa shape index (κ1) is 8.92. The lowest BCUT2D eigenvalue weighted by molar-refractivity contribution is -0.530. The highest BCUT2D eigenvalue weighted by Crippen LogP contribution is 1.89. The molecule has 0 unspecified atom stereocenters. The summed E-state index contributed by atoms with van der Waals surface area (Å²) in [5.41, 5.74) is 0. The van der Waals surface area contributed by atoms with Crippen molar-refractivity contribution in [2.24, 2.45) is 0 Å². The van der Waals surface area contributed by atoms with E-state index < -0.39 is 0 Å². The van der Waals surface area contributed by atoms with Crippen LogP contribution < -0.4 is 12.4 Å². The molecule has 1 rings (SSSR count). The van der Waals surface area contributed by atoms with Crippen LogP contribution >= 0.6 is 0 Å². The van der Waals surface area contributed by atoms with Crippen molar-refractivity contribution >= 4 is 6.72 Å². The van der Waals surface area contributed by atoms with Gasteiger partial charge in [-0.25, -0.2) is 4.58 Å². The van der Waals surface area contributed by atoms with E-state index in [-0.39, 0.29) is 12.4 Å². The van der Waals surface area contributed by atoms with Crippen LogP contribution in [0, 0.1) is 0 Å². The summed E-state index contributed by atoms with van der Waals surface area (Å²) >= 11 is 0. The van der Waals surface area contributed by atoms with Gasteiger partial charge in [0.1, 0.15) is 6.72 Å². The van der Waals surface area contributed by atoms with Crippen LogP contribution in [-0.2, 0) is 0 Å². The van der Waals surface area contributed by atoms with Gasteiger partial charge in [0.2, 0.25) is 0 Å². The number of hydrogen-bond acceptors (Lipinski definition) is 1. The van der Waals surface area contributed by atoms with Crippen LogP contribution in [0.1, 0.15) is 0 Å². The Morgan fingerprint density at radius 2 is 1.78 bits per heavy atom. The van der Waals surface area contributed by atoms with E-state index in [1.165, 1.54) is 13.1 Å². The molecular weight excluding hydrogens is 136 g/mol. The van der Waals surface area contributed by atoms with Crippen LogP contribution in [-0.4, -0.2) is 49.4 Å². The lowest BCUT2D eigenvalue weighted by atomic mass is 10.4. The maximum absolute atomic E-state index is 3.84. The number of hydrogen-bond donors (Lipinski definition) is 0. The maximum Gasteiger partial charge on any atom is 0.154 e. The summed E-state index contributed by atoms with van der Waals surface area (Å²) in [4.78, 5) is 2.32. The van der Waals surface area contributed by atoms with Gasteiger partial charge < -0.3 is 12.4 Å². The second kappa shape index (κ2) is 3.85. The lowest BCUT2D eigenvalue weighted by Gasteiger charge is -2.18. The van der Waals surface area contributed by atoms with Gasteiger partial charge in [0.25, 0.3) is 0 Å². The zero-order valence-corrected chi connectivity index (χ0v) is 6.56. The van der Waals surface area contributed by atoms with Crippen LogP contribution in [0.25, 0.3) is 0 Å². The molecule has 9 heavy (non-hydrogen) atoms. The summed E-state index contributed by atoms with van der Waals surface area (Å²) in [7, 11) is 2.15. The predicted octanol–water partition coefficient (Wildman–Crippen LogP) is -3.35. The van der Waals surface area contributed by atoms with Gasteiger partial charge in [-0.2, -0.15) is 0 Å². The third kappa shape index (κ3) is 2.82. The zero-order chi connectivity index (χ0) is 5.98. The minimum absolute atomic E-state index is 0. The molecule has 0 spiro atoms. The highest BCUT2D eigenvalue weighted by atomic mass is 35.5. The van der Waals surface area contributed by atoms with Crippen molar-refractivity contribution in [1.82, 2.24) is 4.90 Å². The largest absolute Gasteiger partial charge is 1.00 e. The van der Waals surface area contributed by atoms with Crippen molar-refractivity contribution in [3.8, 4) is 0 Å². The molecule has 0 aromatic carbocycles. The van der Waals surface area contributed by atoms with Gasteiger partial charge in [-0.05, 0) is 7.05 Å². The standard InChI is InChI=1S/C6H13N2.ClH/c1-7-3-5-8(2)6-4-7;/h1,3-6H2,2H3;1H/q+1;/p-1. The first-order valence-corrected chi connectivity index (χ1v) is 3.03. The first-order chi connectivity index (χ1) is 3.79. The van der Waals surface area contributed by atoms with Crippen LogP contribution in [0.2, 0.25) is 0 Å². The topological polar surface area (TPSA) is 6.25 Å². The molecule has 0 saturated carbocycles. The Hall–Kier alpha value is -0.0800. The molecule has 3 heteroatoms. The minimum Gasteiger partial charge on any atom is -1.00 e. The smallest absolute Gasteiger partial charge is 0.154 e. The summed E-state index contributed by atoms with van der Waals surface area (Å²) < 4.78 is 2.11. The van der Waals surface area contributed by atoms with Crippen molar-refractivity contribution < 1.29 is 17.0 Å². The third-order valence-corrected chi connectivity index (χ3v) is 1.60. The van der Waals surface area contributed by atoms with Gasteiger partial charge in [0.05, 0.1) is 13.1 Å². The highest BCUT2D eigenvalue weighted by Gasteiger charge is 2.11. The highest BCUT2D eigenvalue weighted by molar-refractivity contribution is 5.14. The van der Waals surface area contributed by atoms with Crippen molar-refractivity contribution in [3.63, 3.8) is 0 Å². The molecule has 0 bridgehead atoms. The molecule has 1 saturated heterocycles. The summed E-state index contributed by atoms with van der Waals surface area (Å²) in [6.07, 6.45) is 0. The number of rotatable bonds is 0. The maximum atomic E-state index is 3.84. The predicted molar refractivity (Wildman–Crippen MR) is 34.6 cm³/mol. The summed E-state index contributed by atoms with van der Waals surface area (Å²) in [6.45, 7) is 8.42. The van der Waals surface area contributed by atoms with Crippen LogP contribution in [0.15, 0.2) is 0 Å². The van der Waals surface area contributed by atoms with E-state index in [0.717, 1.165) is 13.1 Å². The fraction of sp³-hybridized carbons (Fsp3) is 0.833. The van der Waals surface area contributed by atoms with Crippen LogP contribution in [0.5, 0.6) is 0 Å². The molecule has 1 aliphatic rings. The van der Waals surface area contributed by atoms with Gasteiger partial charge in [-0.1, -0.05) is 0 Å². The SMILES string of the molecule is C=[N+]1CCN(C)CC1.[Cl-]. The first-order valence-electron chi connectivity index (χ1n) is 3.03. The summed E-state index contributed by atoms with van der Waals surface area (Å²) in [5.74, 6) is 0. The number of likely N-dealkylation sites (N-methyl/N-ethyl adjacent to an activating group) is 1. The van der Waals surface area contributed by atoms with E-state index in [1.54, 1.807) is 0 Å². The van der Waals surface area contributed by atoms with Crippen LogP contribution in [0.3, 0.4) is 0 Å². The molecular formula is C6H13ClN2.